The molecule has 0 saturated heterocycles. The fourth-order valence-electron chi connectivity index (χ4n) is 2.06. The Morgan fingerprint density at radius 1 is 1.04 bits per heavy atom. The van der Waals surface area contributed by atoms with E-state index in [1.807, 2.05) is 30.3 Å². The van der Waals surface area contributed by atoms with Crippen molar-refractivity contribution in [3.05, 3.63) is 71.0 Å². The van der Waals surface area contributed by atoms with E-state index in [4.69, 9.17) is 27.9 Å². The van der Waals surface area contributed by atoms with Gasteiger partial charge in [0.25, 0.3) is 5.91 Å². The topological polar surface area (TPSA) is 64.1 Å². The second-order valence-corrected chi connectivity index (χ2v) is 5.92. The summed E-state index contributed by atoms with van der Waals surface area (Å²) in [5.74, 6) is 0.577. The van der Waals surface area contributed by atoms with Crippen molar-refractivity contribution < 1.29 is 9.53 Å². The van der Waals surface area contributed by atoms with Crippen LogP contribution in [0.15, 0.2) is 60.9 Å². The van der Waals surface area contributed by atoms with Gasteiger partial charge in [0.1, 0.15) is 5.75 Å². The molecule has 1 amide bonds. The van der Waals surface area contributed by atoms with Crippen LogP contribution in [0.1, 0.15) is 0 Å². The van der Waals surface area contributed by atoms with Crippen molar-refractivity contribution in [1.29, 1.82) is 0 Å². The molecule has 0 radical (unpaired) electrons. The summed E-state index contributed by atoms with van der Waals surface area (Å²) in [7, 11) is 0. The first-order valence-corrected chi connectivity index (χ1v) is 8.12. The lowest BCUT2D eigenvalue weighted by Gasteiger charge is -2.09. The van der Waals surface area contributed by atoms with Crippen LogP contribution in [0.25, 0.3) is 11.4 Å². The molecule has 25 heavy (non-hydrogen) atoms. The Morgan fingerprint density at radius 2 is 1.76 bits per heavy atom. The lowest BCUT2D eigenvalue weighted by Crippen LogP contribution is -2.20. The molecule has 1 heterocycles. The minimum Gasteiger partial charge on any atom is -0.482 e. The lowest BCUT2D eigenvalue weighted by molar-refractivity contribution is -0.118. The van der Waals surface area contributed by atoms with Crippen LogP contribution in [0.3, 0.4) is 0 Å². The molecule has 126 valence electrons. The first kappa shape index (κ1) is 17.2. The molecule has 0 fully saturated rings. The molecule has 0 spiro atoms. The molecule has 3 aromatic rings. The number of carbonyl (C=O) groups excluding carboxylic acids is 1. The van der Waals surface area contributed by atoms with E-state index >= 15 is 0 Å². The van der Waals surface area contributed by atoms with Crippen LogP contribution < -0.4 is 10.1 Å². The number of rotatable bonds is 5. The van der Waals surface area contributed by atoms with Gasteiger partial charge in [-0.25, -0.2) is 9.97 Å². The van der Waals surface area contributed by atoms with Gasteiger partial charge >= 0.3 is 0 Å². The van der Waals surface area contributed by atoms with Gasteiger partial charge in [0, 0.05) is 16.7 Å². The van der Waals surface area contributed by atoms with Crippen LogP contribution in [0.5, 0.6) is 5.75 Å². The molecule has 0 saturated carbocycles. The molecular weight excluding hydrogens is 361 g/mol. The fourth-order valence-corrected chi connectivity index (χ4v) is 2.39. The maximum Gasteiger partial charge on any atom is 0.262 e. The van der Waals surface area contributed by atoms with E-state index in [-0.39, 0.29) is 12.5 Å². The smallest absolute Gasteiger partial charge is 0.262 e. The summed E-state index contributed by atoms with van der Waals surface area (Å²) >= 11 is 11.9. The molecular formula is C18H13Cl2N3O2. The monoisotopic (exact) mass is 373 g/mol. The average Bonchev–Trinajstić information content (AvgIpc) is 2.64. The number of nitrogens with one attached hydrogen (secondary N) is 1. The van der Waals surface area contributed by atoms with E-state index in [0.717, 1.165) is 5.56 Å². The Bertz CT molecular complexity index is 871. The molecule has 7 heteroatoms. The third kappa shape index (κ3) is 4.68. The van der Waals surface area contributed by atoms with Crippen molar-refractivity contribution in [3.8, 4) is 17.1 Å². The van der Waals surface area contributed by atoms with Gasteiger partial charge in [-0.2, -0.15) is 0 Å². The summed E-state index contributed by atoms with van der Waals surface area (Å²) in [4.78, 5) is 20.5. The number of hydrogen-bond acceptors (Lipinski definition) is 4. The predicted molar refractivity (Wildman–Crippen MR) is 98.1 cm³/mol. The molecule has 2 aromatic carbocycles. The summed E-state index contributed by atoms with van der Waals surface area (Å²) in [6.07, 6.45) is 3.08. The van der Waals surface area contributed by atoms with E-state index in [1.165, 1.54) is 0 Å². The highest BCUT2D eigenvalue weighted by Crippen LogP contribution is 2.27. The van der Waals surface area contributed by atoms with E-state index < -0.39 is 0 Å². The van der Waals surface area contributed by atoms with Crippen LogP contribution >= 0.6 is 23.2 Å². The van der Waals surface area contributed by atoms with Gasteiger partial charge in [-0.15, -0.1) is 0 Å². The summed E-state index contributed by atoms with van der Waals surface area (Å²) in [5, 5.41) is 3.52. The third-order valence-electron chi connectivity index (χ3n) is 3.22. The van der Waals surface area contributed by atoms with Crippen LogP contribution in [0, 0.1) is 0 Å². The van der Waals surface area contributed by atoms with Crippen molar-refractivity contribution in [2.24, 2.45) is 0 Å². The van der Waals surface area contributed by atoms with Crippen molar-refractivity contribution in [2.75, 3.05) is 11.9 Å². The van der Waals surface area contributed by atoms with Crippen molar-refractivity contribution in [2.45, 2.75) is 0 Å². The number of aromatic nitrogens is 2. The van der Waals surface area contributed by atoms with Crippen LogP contribution in [-0.2, 0) is 4.79 Å². The lowest BCUT2D eigenvalue weighted by atomic mass is 10.2. The molecule has 5 nitrogen and oxygen atoms in total. The van der Waals surface area contributed by atoms with E-state index in [0.29, 0.717) is 27.3 Å². The number of benzene rings is 2. The van der Waals surface area contributed by atoms with Gasteiger partial charge in [0.2, 0.25) is 0 Å². The van der Waals surface area contributed by atoms with Crippen LogP contribution in [-0.4, -0.2) is 22.5 Å². The molecule has 1 N–H and O–H groups in total. The van der Waals surface area contributed by atoms with Crippen molar-refractivity contribution in [1.82, 2.24) is 9.97 Å². The number of amides is 1. The van der Waals surface area contributed by atoms with Gasteiger partial charge in [0.05, 0.1) is 23.1 Å². The number of hydrogen-bond donors (Lipinski definition) is 1. The average molecular weight is 374 g/mol. The highest BCUT2D eigenvalue weighted by molar-refractivity contribution is 6.34. The Labute approximate surface area is 154 Å². The normalized spacial score (nSPS) is 10.3. The summed E-state index contributed by atoms with van der Waals surface area (Å²) < 4.78 is 5.38. The maximum atomic E-state index is 12.0. The van der Waals surface area contributed by atoms with Crippen LogP contribution in [0.4, 0.5) is 5.69 Å². The van der Waals surface area contributed by atoms with Gasteiger partial charge in [0.15, 0.2) is 12.4 Å². The second-order valence-electron chi connectivity index (χ2n) is 5.07. The number of anilines is 1. The number of carbonyl (C=O) groups is 1. The predicted octanol–water partition coefficient (Wildman–Crippen LogP) is 4.47. The zero-order valence-electron chi connectivity index (χ0n) is 12.9. The van der Waals surface area contributed by atoms with E-state index in [2.05, 4.69) is 15.3 Å². The van der Waals surface area contributed by atoms with E-state index in [9.17, 15) is 4.79 Å². The van der Waals surface area contributed by atoms with E-state index in [1.54, 1.807) is 30.6 Å². The standard InChI is InChI=1S/C18H13Cl2N3O2/c19-13-6-7-15(20)16(8-13)25-11-17(24)23-14-9-21-18(22-10-14)12-4-2-1-3-5-12/h1-10H,11H2,(H,23,24). The summed E-state index contributed by atoms with van der Waals surface area (Å²) in [6.45, 7) is -0.208. The number of ether oxygens (including phenoxy) is 1. The Hall–Kier alpha value is -2.63. The zero-order chi connectivity index (χ0) is 17.6. The number of halogens is 2. The van der Waals surface area contributed by atoms with Gasteiger partial charge in [-0.1, -0.05) is 53.5 Å². The molecule has 0 atom stereocenters. The molecule has 1 aromatic heterocycles. The highest BCUT2D eigenvalue weighted by atomic mass is 35.5. The van der Waals surface area contributed by atoms with Crippen molar-refractivity contribution >= 4 is 34.8 Å². The van der Waals surface area contributed by atoms with Crippen molar-refractivity contribution in [3.63, 3.8) is 0 Å². The maximum absolute atomic E-state index is 12.0. The molecule has 0 unspecified atom stereocenters. The Kier molecular flexibility index (Phi) is 5.48. The van der Waals surface area contributed by atoms with Gasteiger partial charge < -0.3 is 10.1 Å². The second kappa shape index (κ2) is 7.96. The first-order chi connectivity index (χ1) is 12.1. The zero-order valence-corrected chi connectivity index (χ0v) is 14.5. The van der Waals surface area contributed by atoms with Gasteiger partial charge in [-0.3, -0.25) is 4.79 Å². The summed E-state index contributed by atoms with van der Waals surface area (Å²) in [5.41, 5.74) is 1.38. The Balaban J connectivity index is 1.59. The molecule has 0 aliphatic heterocycles. The fraction of sp³-hybridized carbons (Fsp3) is 0.0556. The minimum absolute atomic E-state index is 0.208. The molecule has 0 bridgehead atoms. The van der Waals surface area contributed by atoms with Gasteiger partial charge in [-0.05, 0) is 12.1 Å². The quantitative estimate of drug-likeness (QED) is 0.716. The highest BCUT2D eigenvalue weighted by Gasteiger charge is 2.08. The SMILES string of the molecule is O=C(COc1cc(Cl)ccc1Cl)Nc1cnc(-c2ccccc2)nc1. The first-order valence-electron chi connectivity index (χ1n) is 7.37. The number of nitrogens with zero attached hydrogens (tertiary/aromatic N) is 2. The Morgan fingerprint density at radius 3 is 2.48 bits per heavy atom. The molecule has 3 rings (SSSR count). The molecule has 0 aliphatic carbocycles. The van der Waals surface area contributed by atoms with Crippen LogP contribution in [0.2, 0.25) is 10.0 Å². The third-order valence-corrected chi connectivity index (χ3v) is 3.77. The minimum atomic E-state index is -0.355. The summed E-state index contributed by atoms with van der Waals surface area (Å²) in [6, 6.07) is 14.4. The largest absolute Gasteiger partial charge is 0.482 e. The molecule has 0 aliphatic rings.